The molecule has 1 aromatic heterocycles. The Morgan fingerprint density at radius 3 is 2.17 bits per heavy atom. The van der Waals surface area contributed by atoms with Crippen molar-refractivity contribution < 1.29 is 4.79 Å². The molecule has 2 aromatic rings. The van der Waals surface area contributed by atoms with Gasteiger partial charge in [0.1, 0.15) is 5.69 Å². The summed E-state index contributed by atoms with van der Waals surface area (Å²) in [5.74, 6) is 0.00360. The van der Waals surface area contributed by atoms with Crippen LogP contribution in [0.2, 0.25) is 0 Å². The predicted octanol–water partition coefficient (Wildman–Crippen LogP) is 4.85. The van der Waals surface area contributed by atoms with Gasteiger partial charge in [0.2, 0.25) is 0 Å². The number of hydrogen-bond acceptors (Lipinski definition) is 3. The largest absolute Gasteiger partial charge is 0.354 e. The van der Waals surface area contributed by atoms with Crippen LogP contribution in [0.25, 0.3) is 0 Å². The molecule has 23 heavy (non-hydrogen) atoms. The van der Waals surface area contributed by atoms with Crippen LogP contribution in [0.15, 0.2) is 47.1 Å². The van der Waals surface area contributed by atoms with Gasteiger partial charge in [-0.2, -0.15) is 0 Å². The van der Waals surface area contributed by atoms with Crippen molar-refractivity contribution in [2.24, 2.45) is 0 Å². The summed E-state index contributed by atoms with van der Waals surface area (Å²) >= 11 is 3.41. The third-order valence-corrected chi connectivity index (χ3v) is 3.92. The SMILES string of the molecule is CCCN(CCC)C(=O)c1ccc(Nc2ccc(Br)cc2)cn1. The summed E-state index contributed by atoms with van der Waals surface area (Å²) in [6.07, 6.45) is 3.61. The van der Waals surface area contributed by atoms with Crippen LogP contribution in [-0.4, -0.2) is 28.9 Å². The van der Waals surface area contributed by atoms with Gasteiger partial charge in [0.25, 0.3) is 5.91 Å². The third-order valence-electron chi connectivity index (χ3n) is 3.39. The second-order valence-electron chi connectivity index (χ2n) is 5.36. The van der Waals surface area contributed by atoms with E-state index in [0.29, 0.717) is 5.69 Å². The smallest absolute Gasteiger partial charge is 0.272 e. The normalized spacial score (nSPS) is 10.4. The molecule has 1 aromatic carbocycles. The van der Waals surface area contributed by atoms with Gasteiger partial charge in [-0.25, -0.2) is 4.98 Å². The number of aromatic nitrogens is 1. The van der Waals surface area contributed by atoms with E-state index in [4.69, 9.17) is 0 Å². The van der Waals surface area contributed by atoms with Gasteiger partial charge in [-0.1, -0.05) is 29.8 Å². The first-order chi connectivity index (χ1) is 11.1. The summed E-state index contributed by atoms with van der Waals surface area (Å²) in [5, 5.41) is 3.27. The Balaban J connectivity index is 2.05. The van der Waals surface area contributed by atoms with E-state index in [-0.39, 0.29) is 5.91 Å². The van der Waals surface area contributed by atoms with Crippen LogP contribution in [0.3, 0.4) is 0 Å². The number of benzene rings is 1. The Hall–Kier alpha value is -1.88. The van der Waals surface area contributed by atoms with Crippen molar-refractivity contribution in [3.63, 3.8) is 0 Å². The van der Waals surface area contributed by atoms with Crippen molar-refractivity contribution in [3.8, 4) is 0 Å². The standard InChI is InChI=1S/C18H22BrN3O/c1-3-11-22(12-4-2)18(23)17-10-9-16(13-20-17)21-15-7-5-14(19)6-8-15/h5-10,13,21H,3-4,11-12H2,1-2H3. The van der Waals surface area contributed by atoms with Gasteiger partial charge in [0.05, 0.1) is 11.9 Å². The first kappa shape index (κ1) is 17.5. The van der Waals surface area contributed by atoms with Crippen LogP contribution in [0.4, 0.5) is 11.4 Å². The van der Waals surface area contributed by atoms with Crippen LogP contribution in [0.5, 0.6) is 0 Å². The Labute approximate surface area is 146 Å². The van der Waals surface area contributed by atoms with Crippen LogP contribution in [0, 0.1) is 0 Å². The monoisotopic (exact) mass is 375 g/mol. The van der Waals surface area contributed by atoms with E-state index in [1.54, 1.807) is 12.3 Å². The van der Waals surface area contributed by atoms with Crippen molar-refractivity contribution in [2.75, 3.05) is 18.4 Å². The number of nitrogens with one attached hydrogen (secondary N) is 1. The number of amides is 1. The van der Waals surface area contributed by atoms with Crippen LogP contribution >= 0.6 is 15.9 Å². The Kier molecular flexibility index (Phi) is 6.59. The van der Waals surface area contributed by atoms with Crippen molar-refractivity contribution in [2.45, 2.75) is 26.7 Å². The highest BCUT2D eigenvalue weighted by Crippen LogP contribution is 2.19. The van der Waals surface area contributed by atoms with Crippen LogP contribution in [-0.2, 0) is 0 Å². The van der Waals surface area contributed by atoms with E-state index >= 15 is 0 Å². The molecule has 0 spiro atoms. The van der Waals surface area contributed by atoms with E-state index in [0.717, 1.165) is 41.8 Å². The molecule has 1 N–H and O–H groups in total. The van der Waals surface area contributed by atoms with E-state index in [1.165, 1.54) is 0 Å². The summed E-state index contributed by atoms with van der Waals surface area (Å²) in [6, 6.07) is 11.6. The van der Waals surface area contributed by atoms with Gasteiger partial charge in [0.15, 0.2) is 0 Å². The van der Waals surface area contributed by atoms with Crippen LogP contribution in [0.1, 0.15) is 37.2 Å². The average Bonchev–Trinajstić information content (AvgIpc) is 2.57. The molecule has 0 atom stereocenters. The summed E-state index contributed by atoms with van der Waals surface area (Å²) < 4.78 is 1.04. The minimum absolute atomic E-state index is 0.00360. The van der Waals surface area contributed by atoms with E-state index in [2.05, 4.69) is 40.1 Å². The molecular formula is C18H22BrN3O. The van der Waals surface area contributed by atoms with Gasteiger partial charge in [0, 0.05) is 23.2 Å². The number of carbonyl (C=O) groups excluding carboxylic acids is 1. The molecule has 1 heterocycles. The number of carbonyl (C=O) groups is 1. The topological polar surface area (TPSA) is 45.2 Å². The fourth-order valence-corrected chi connectivity index (χ4v) is 2.58. The molecule has 0 fully saturated rings. The molecule has 0 aliphatic heterocycles. The van der Waals surface area contributed by atoms with Gasteiger partial charge < -0.3 is 10.2 Å². The lowest BCUT2D eigenvalue weighted by Gasteiger charge is -2.21. The van der Waals surface area contributed by atoms with Crippen LogP contribution < -0.4 is 5.32 Å². The fourth-order valence-electron chi connectivity index (χ4n) is 2.31. The van der Waals surface area contributed by atoms with Gasteiger partial charge in [-0.05, 0) is 49.2 Å². The van der Waals surface area contributed by atoms with Crippen molar-refractivity contribution in [1.82, 2.24) is 9.88 Å². The molecule has 0 saturated carbocycles. The Bertz CT molecular complexity index is 620. The minimum atomic E-state index is 0.00360. The number of pyridine rings is 1. The van der Waals surface area contributed by atoms with E-state index < -0.39 is 0 Å². The molecule has 5 heteroatoms. The molecule has 122 valence electrons. The third kappa shape index (κ3) is 5.06. The predicted molar refractivity (Wildman–Crippen MR) is 98.1 cm³/mol. The lowest BCUT2D eigenvalue weighted by Crippen LogP contribution is -2.33. The number of hydrogen-bond donors (Lipinski definition) is 1. The first-order valence-electron chi connectivity index (χ1n) is 7.92. The van der Waals surface area contributed by atoms with Gasteiger partial charge >= 0.3 is 0 Å². The zero-order valence-electron chi connectivity index (χ0n) is 13.6. The van der Waals surface area contributed by atoms with E-state index in [1.807, 2.05) is 35.2 Å². The minimum Gasteiger partial charge on any atom is -0.354 e. The first-order valence-corrected chi connectivity index (χ1v) is 8.71. The molecule has 0 aliphatic carbocycles. The lowest BCUT2D eigenvalue weighted by atomic mass is 10.2. The Morgan fingerprint density at radius 2 is 1.65 bits per heavy atom. The molecule has 0 aliphatic rings. The number of halogens is 1. The fraction of sp³-hybridized carbons (Fsp3) is 0.333. The summed E-state index contributed by atoms with van der Waals surface area (Å²) in [4.78, 5) is 18.6. The number of anilines is 2. The number of rotatable bonds is 7. The van der Waals surface area contributed by atoms with Crippen molar-refractivity contribution in [1.29, 1.82) is 0 Å². The summed E-state index contributed by atoms with van der Waals surface area (Å²) in [7, 11) is 0. The molecular weight excluding hydrogens is 354 g/mol. The lowest BCUT2D eigenvalue weighted by molar-refractivity contribution is 0.0749. The molecule has 0 saturated heterocycles. The van der Waals surface area contributed by atoms with E-state index in [9.17, 15) is 4.79 Å². The highest BCUT2D eigenvalue weighted by atomic mass is 79.9. The second-order valence-corrected chi connectivity index (χ2v) is 6.27. The highest BCUT2D eigenvalue weighted by Gasteiger charge is 2.15. The molecule has 1 amide bonds. The molecule has 4 nitrogen and oxygen atoms in total. The quantitative estimate of drug-likeness (QED) is 0.751. The Morgan fingerprint density at radius 1 is 1.04 bits per heavy atom. The van der Waals surface area contributed by atoms with Crippen molar-refractivity contribution >= 4 is 33.2 Å². The van der Waals surface area contributed by atoms with Gasteiger partial charge in [-0.3, -0.25) is 4.79 Å². The maximum Gasteiger partial charge on any atom is 0.272 e. The average molecular weight is 376 g/mol. The molecule has 0 radical (unpaired) electrons. The molecule has 2 rings (SSSR count). The highest BCUT2D eigenvalue weighted by molar-refractivity contribution is 9.10. The second kappa shape index (κ2) is 8.67. The summed E-state index contributed by atoms with van der Waals surface area (Å²) in [5.41, 5.74) is 2.34. The maximum absolute atomic E-state index is 12.5. The van der Waals surface area contributed by atoms with Crippen molar-refractivity contribution in [3.05, 3.63) is 52.8 Å². The molecule has 0 unspecified atom stereocenters. The maximum atomic E-state index is 12.5. The zero-order chi connectivity index (χ0) is 16.7. The summed E-state index contributed by atoms with van der Waals surface area (Å²) in [6.45, 7) is 5.70. The number of nitrogens with zero attached hydrogens (tertiary/aromatic N) is 2. The van der Waals surface area contributed by atoms with Gasteiger partial charge in [-0.15, -0.1) is 0 Å². The zero-order valence-corrected chi connectivity index (χ0v) is 15.1. The molecule has 0 bridgehead atoms.